The van der Waals surface area contributed by atoms with Crippen molar-refractivity contribution in [1.82, 2.24) is 9.78 Å². The summed E-state index contributed by atoms with van der Waals surface area (Å²) >= 11 is 0. The fourth-order valence-electron chi connectivity index (χ4n) is 3.68. The van der Waals surface area contributed by atoms with Crippen LogP contribution in [-0.4, -0.2) is 34.1 Å². The Morgan fingerprint density at radius 3 is 2.59 bits per heavy atom. The summed E-state index contributed by atoms with van der Waals surface area (Å²) < 4.78 is 47.4. The van der Waals surface area contributed by atoms with Crippen LogP contribution in [0.3, 0.4) is 0 Å². The fourth-order valence-corrected chi connectivity index (χ4v) is 3.68. The Labute approximate surface area is 181 Å². The highest BCUT2D eigenvalue weighted by molar-refractivity contribution is 6.04. The molecule has 0 saturated heterocycles. The molecule has 168 valence electrons. The number of rotatable bonds is 4. The standard InChI is InChI=1S/C22H21F3N4O3/c1-12-3-8-18(30)16(9-12)27-21(31)17-11-20-26-15(13-4-6-14(32-2)7-5-13)10-19(22(23,24)25)29(20)28-17/h3-9,11,15,19,26,30H,10H2,1-2H3,(H,27,31)/t15-,19+/m0/s1. The quantitative estimate of drug-likeness (QED) is 0.500. The van der Waals surface area contributed by atoms with Crippen LogP contribution in [0.5, 0.6) is 11.5 Å². The number of hydrogen-bond acceptors (Lipinski definition) is 5. The normalized spacial score (nSPS) is 17.9. The van der Waals surface area contributed by atoms with Gasteiger partial charge in [-0.05, 0) is 42.3 Å². The predicted molar refractivity (Wildman–Crippen MR) is 112 cm³/mol. The van der Waals surface area contributed by atoms with Crippen LogP contribution in [0, 0.1) is 6.92 Å². The smallest absolute Gasteiger partial charge is 0.410 e. The fraction of sp³-hybridized carbons (Fsp3) is 0.273. The molecule has 4 rings (SSSR count). The third-order valence-corrected chi connectivity index (χ3v) is 5.34. The molecule has 0 bridgehead atoms. The van der Waals surface area contributed by atoms with E-state index >= 15 is 0 Å². The Balaban J connectivity index is 1.64. The molecular weight excluding hydrogens is 425 g/mol. The molecular formula is C22H21F3N4O3. The summed E-state index contributed by atoms with van der Waals surface area (Å²) in [7, 11) is 1.51. The van der Waals surface area contributed by atoms with E-state index in [9.17, 15) is 23.1 Å². The van der Waals surface area contributed by atoms with E-state index in [-0.39, 0.29) is 29.4 Å². The van der Waals surface area contributed by atoms with Gasteiger partial charge >= 0.3 is 6.18 Å². The molecule has 0 unspecified atom stereocenters. The van der Waals surface area contributed by atoms with E-state index in [1.165, 1.54) is 19.2 Å². The number of nitrogens with one attached hydrogen (secondary N) is 2. The van der Waals surface area contributed by atoms with Gasteiger partial charge in [-0.1, -0.05) is 18.2 Å². The average Bonchev–Trinajstić information content (AvgIpc) is 3.19. The number of carbonyl (C=O) groups is 1. The number of halogens is 3. The number of carbonyl (C=O) groups excluding carboxylic acids is 1. The molecule has 2 atom stereocenters. The molecule has 32 heavy (non-hydrogen) atoms. The van der Waals surface area contributed by atoms with Crippen LogP contribution in [0.15, 0.2) is 48.5 Å². The molecule has 1 aliphatic rings. The van der Waals surface area contributed by atoms with E-state index in [2.05, 4.69) is 15.7 Å². The summed E-state index contributed by atoms with van der Waals surface area (Å²) in [6.45, 7) is 1.78. The van der Waals surface area contributed by atoms with Gasteiger partial charge in [0.05, 0.1) is 18.8 Å². The van der Waals surface area contributed by atoms with Crippen molar-refractivity contribution in [3.05, 3.63) is 65.4 Å². The van der Waals surface area contributed by atoms with Gasteiger partial charge in [0.2, 0.25) is 0 Å². The highest BCUT2D eigenvalue weighted by Gasteiger charge is 2.46. The first kappa shape index (κ1) is 21.5. The van der Waals surface area contributed by atoms with Gasteiger partial charge in [-0.25, -0.2) is 4.68 Å². The molecule has 2 aromatic carbocycles. The van der Waals surface area contributed by atoms with E-state index in [1.54, 1.807) is 43.3 Å². The summed E-state index contributed by atoms with van der Waals surface area (Å²) in [5.74, 6) is -0.200. The van der Waals surface area contributed by atoms with Crippen LogP contribution in [0.4, 0.5) is 24.7 Å². The Bertz CT molecular complexity index is 1140. The molecule has 7 nitrogen and oxygen atoms in total. The number of fused-ring (bicyclic) bond motifs is 1. The molecule has 0 radical (unpaired) electrons. The number of ether oxygens (including phenoxy) is 1. The van der Waals surface area contributed by atoms with Crippen molar-refractivity contribution in [2.75, 3.05) is 17.7 Å². The number of phenolic OH excluding ortho intramolecular Hbond substituents is 1. The molecule has 1 aromatic heterocycles. The Morgan fingerprint density at radius 2 is 1.94 bits per heavy atom. The maximum atomic E-state index is 13.8. The minimum atomic E-state index is -4.56. The minimum absolute atomic E-state index is 0.0815. The molecule has 1 amide bonds. The Kier molecular flexibility index (Phi) is 5.45. The molecule has 1 aliphatic heterocycles. The van der Waals surface area contributed by atoms with E-state index in [0.717, 1.165) is 10.2 Å². The first-order valence-electron chi connectivity index (χ1n) is 9.83. The first-order chi connectivity index (χ1) is 15.2. The topological polar surface area (TPSA) is 88.4 Å². The molecule has 3 aromatic rings. The molecule has 0 aliphatic carbocycles. The van der Waals surface area contributed by atoms with E-state index < -0.39 is 24.2 Å². The largest absolute Gasteiger partial charge is 0.506 e. The molecule has 0 saturated carbocycles. The number of aromatic hydroxyl groups is 1. The zero-order valence-corrected chi connectivity index (χ0v) is 17.3. The number of methoxy groups -OCH3 is 1. The zero-order chi connectivity index (χ0) is 23.0. The lowest BCUT2D eigenvalue weighted by molar-refractivity contribution is -0.173. The van der Waals surface area contributed by atoms with Gasteiger partial charge in [0, 0.05) is 12.5 Å². The second kappa shape index (κ2) is 8.10. The third kappa shape index (κ3) is 4.20. The van der Waals surface area contributed by atoms with E-state index in [4.69, 9.17) is 4.74 Å². The number of hydrogen-bond donors (Lipinski definition) is 3. The number of aryl methyl sites for hydroxylation is 1. The van der Waals surface area contributed by atoms with Crippen LogP contribution in [-0.2, 0) is 0 Å². The zero-order valence-electron chi connectivity index (χ0n) is 17.3. The number of nitrogens with zero attached hydrogens (tertiary/aromatic N) is 2. The maximum Gasteiger partial charge on any atom is 0.410 e. The molecule has 2 heterocycles. The van der Waals surface area contributed by atoms with Crippen molar-refractivity contribution in [3.8, 4) is 11.5 Å². The third-order valence-electron chi connectivity index (χ3n) is 5.34. The molecule has 10 heteroatoms. The van der Waals surface area contributed by atoms with Crippen molar-refractivity contribution >= 4 is 17.4 Å². The van der Waals surface area contributed by atoms with Crippen LogP contribution < -0.4 is 15.4 Å². The van der Waals surface area contributed by atoms with E-state index in [0.29, 0.717) is 11.3 Å². The summed E-state index contributed by atoms with van der Waals surface area (Å²) in [5, 5.41) is 19.4. The van der Waals surface area contributed by atoms with Gasteiger partial charge in [0.15, 0.2) is 11.7 Å². The van der Waals surface area contributed by atoms with Crippen molar-refractivity contribution in [2.45, 2.75) is 31.6 Å². The highest BCUT2D eigenvalue weighted by Crippen LogP contribution is 2.43. The van der Waals surface area contributed by atoms with Crippen molar-refractivity contribution in [1.29, 1.82) is 0 Å². The summed E-state index contributed by atoms with van der Waals surface area (Å²) in [6, 6.07) is 10.1. The molecule has 0 spiro atoms. The minimum Gasteiger partial charge on any atom is -0.506 e. The lowest BCUT2D eigenvalue weighted by atomic mass is 9.97. The number of alkyl halides is 3. The Hall–Kier alpha value is -3.69. The average molecular weight is 446 g/mol. The molecule has 3 N–H and O–H groups in total. The number of anilines is 2. The van der Waals surface area contributed by atoms with Crippen molar-refractivity contribution in [2.24, 2.45) is 0 Å². The van der Waals surface area contributed by atoms with Crippen LogP contribution in [0.2, 0.25) is 0 Å². The van der Waals surface area contributed by atoms with Gasteiger partial charge in [-0.2, -0.15) is 18.3 Å². The Morgan fingerprint density at radius 1 is 1.22 bits per heavy atom. The SMILES string of the molecule is COc1ccc([C@@H]2C[C@H](C(F)(F)F)n3nc(C(=O)Nc4cc(C)ccc4O)cc3N2)cc1. The lowest BCUT2D eigenvalue weighted by Crippen LogP contribution is -2.35. The van der Waals surface area contributed by atoms with Crippen molar-refractivity contribution < 1.29 is 27.8 Å². The van der Waals surface area contributed by atoms with Crippen molar-refractivity contribution in [3.63, 3.8) is 0 Å². The highest BCUT2D eigenvalue weighted by atomic mass is 19.4. The lowest BCUT2D eigenvalue weighted by Gasteiger charge is -2.33. The maximum absolute atomic E-state index is 13.8. The van der Waals surface area contributed by atoms with Gasteiger partial charge in [0.25, 0.3) is 5.91 Å². The number of phenols is 1. The first-order valence-corrected chi connectivity index (χ1v) is 9.83. The number of aromatic nitrogens is 2. The second-order valence-corrected chi connectivity index (χ2v) is 7.60. The van der Waals surface area contributed by atoms with Crippen LogP contribution in [0.25, 0.3) is 0 Å². The number of benzene rings is 2. The predicted octanol–water partition coefficient (Wildman–Crippen LogP) is 4.82. The van der Waals surface area contributed by atoms with Crippen LogP contribution in [0.1, 0.15) is 40.1 Å². The summed E-state index contributed by atoms with van der Waals surface area (Å²) in [5.41, 5.74) is 1.40. The molecule has 0 fully saturated rings. The summed E-state index contributed by atoms with van der Waals surface area (Å²) in [4.78, 5) is 12.7. The van der Waals surface area contributed by atoms with Crippen LogP contribution >= 0.6 is 0 Å². The van der Waals surface area contributed by atoms with Gasteiger partial charge in [-0.3, -0.25) is 4.79 Å². The van der Waals surface area contributed by atoms with Gasteiger partial charge in [0.1, 0.15) is 17.3 Å². The summed E-state index contributed by atoms with van der Waals surface area (Å²) in [6.07, 6.45) is -4.85. The van der Waals surface area contributed by atoms with Gasteiger partial charge in [-0.15, -0.1) is 0 Å². The second-order valence-electron chi connectivity index (χ2n) is 7.60. The number of amides is 1. The van der Waals surface area contributed by atoms with Gasteiger partial charge < -0.3 is 20.5 Å². The monoisotopic (exact) mass is 446 g/mol. The van der Waals surface area contributed by atoms with E-state index in [1.807, 2.05) is 0 Å².